The first-order valence-electron chi connectivity index (χ1n) is 9.75. The lowest BCUT2D eigenvalue weighted by Crippen LogP contribution is -3.12. The maximum absolute atomic E-state index is 13.8. The zero-order valence-corrected chi connectivity index (χ0v) is 17.9. The van der Waals surface area contributed by atoms with E-state index in [1.165, 1.54) is 22.3 Å². The number of hydrogen-bond acceptors (Lipinski definition) is 5. The molecule has 0 radical (unpaired) electrons. The van der Waals surface area contributed by atoms with Crippen LogP contribution in [-0.2, 0) is 0 Å². The van der Waals surface area contributed by atoms with Gasteiger partial charge in [-0.2, -0.15) is 0 Å². The smallest absolute Gasteiger partial charge is 0.266 e. The number of carbonyl (C=O) groups excluding carboxylic acids is 1. The second-order valence-electron chi connectivity index (χ2n) is 7.69. The summed E-state index contributed by atoms with van der Waals surface area (Å²) in [5, 5.41) is 3.76. The highest BCUT2D eigenvalue weighted by Crippen LogP contribution is 2.36. The van der Waals surface area contributed by atoms with Crippen LogP contribution in [0.5, 0.6) is 0 Å². The average Bonchev–Trinajstić information content (AvgIpc) is 3.01. The van der Waals surface area contributed by atoms with Crippen molar-refractivity contribution in [2.24, 2.45) is 0 Å². The summed E-state index contributed by atoms with van der Waals surface area (Å²) in [6.07, 6.45) is 0. The maximum Gasteiger partial charge on any atom is 0.266 e. The predicted molar refractivity (Wildman–Crippen MR) is 115 cm³/mol. The zero-order valence-electron chi connectivity index (χ0n) is 17.1. The maximum atomic E-state index is 13.8. The molecule has 2 N–H and O–H groups in total. The highest BCUT2D eigenvalue weighted by molar-refractivity contribution is 7.20. The van der Waals surface area contributed by atoms with E-state index in [-0.39, 0.29) is 11.7 Å². The minimum Gasteiger partial charge on any atom is -0.345 e. The summed E-state index contributed by atoms with van der Waals surface area (Å²) < 4.78 is 13.8. The van der Waals surface area contributed by atoms with Gasteiger partial charge in [-0.15, -0.1) is 11.3 Å². The Morgan fingerprint density at radius 3 is 2.62 bits per heavy atom. The van der Waals surface area contributed by atoms with E-state index in [2.05, 4.69) is 22.2 Å². The van der Waals surface area contributed by atoms with Crippen LogP contribution in [0, 0.1) is 26.6 Å². The number of nitrogens with zero attached hydrogens (tertiary/aromatic N) is 3. The van der Waals surface area contributed by atoms with Crippen molar-refractivity contribution in [3.63, 3.8) is 0 Å². The Labute approximate surface area is 173 Å². The Morgan fingerprint density at radius 1 is 1.21 bits per heavy atom. The van der Waals surface area contributed by atoms with Gasteiger partial charge in [0.25, 0.3) is 5.91 Å². The molecule has 2 aromatic heterocycles. The number of halogens is 1. The van der Waals surface area contributed by atoms with Crippen LogP contribution in [0.1, 0.15) is 26.6 Å². The third-order valence-corrected chi connectivity index (χ3v) is 6.62. The first-order chi connectivity index (χ1) is 13.8. The molecule has 1 amide bonds. The Kier molecular flexibility index (Phi) is 5.23. The number of amides is 1. The van der Waals surface area contributed by atoms with Crippen molar-refractivity contribution in [3.8, 4) is 0 Å². The van der Waals surface area contributed by atoms with Crippen molar-refractivity contribution in [3.05, 3.63) is 45.8 Å². The summed E-state index contributed by atoms with van der Waals surface area (Å²) >= 11 is 1.36. The Hall–Kier alpha value is -2.58. The predicted octanol–water partition coefficient (Wildman–Crippen LogP) is 2.34. The number of thiophene rings is 1. The molecule has 6 nitrogen and oxygen atoms in total. The quantitative estimate of drug-likeness (QED) is 0.691. The van der Waals surface area contributed by atoms with Crippen LogP contribution in [0.3, 0.4) is 0 Å². The van der Waals surface area contributed by atoms with E-state index in [0.29, 0.717) is 22.0 Å². The number of likely N-dealkylation sites (N-methyl/N-ethyl adjacent to an activating group) is 1. The molecule has 0 unspecified atom stereocenters. The molecule has 1 aromatic carbocycles. The number of piperazine rings is 1. The van der Waals surface area contributed by atoms with Crippen LogP contribution in [0.15, 0.2) is 18.2 Å². The molecule has 8 heteroatoms. The summed E-state index contributed by atoms with van der Waals surface area (Å²) in [7, 11) is 2.20. The van der Waals surface area contributed by atoms with Crippen LogP contribution in [0.2, 0.25) is 0 Å². The summed E-state index contributed by atoms with van der Waals surface area (Å²) in [4.78, 5) is 27.4. The first kappa shape index (κ1) is 19.7. The lowest BCUT2D eigenvalue weighted by Gasteiger charge is -2.31. The van der Waals surface area contributed by atoms with Gasteiger partial charge in [0.15, 0.2) is 0 Å². The molecule has 0 spiro atoms. The molecule has 0 bridgehead atoms. The minimum absolute atomic E-state index is 0.250. The molecule has 0 atom stereocenters. The standard InChI is InChI=1S/C21H24FN5OS/c1-12-5-6-15(11-16(12)22)25-20(28)18-13(2)17-19(23-14(3)24-21(17)29-18)27-9-7-26(4)8-10-27/h5-6,11H,7-10H2,1-4H3,(H,25,28)/p+1. The zero-order chi connectivity index (χ0) is 20.7. The van der Waals surface area contributed by atoms with E-state index >= 15 is 0 Å². The van der Waals surface area contributed by atoms with Crippen LogP contribution in [0.25, 0.3) is 10.2 Å². The van der Waals surface area contributed by atoms with Gasteiger partial charge in [-0.25, -0.2) is 14.4 Å². The fraction of sp³-hybridized carbons (Fsp3) is 0.381. The van der Waals surface area contributed by atoms with Crippen molar-refractivity contribution in [2.75, 3.05) is 43.4 Å². The van der Waals surface area contributed by atoms with E-state index in [4.69, 9.17) is 4.98 Å². The average molecular weight is 415 g/mol. The third kappa shape index (κ3) is 3.82. The van der Waals surface area contributed by atoms with Crippen molar-refractivity contribution < 1.29 is 14.1 Å². The van der Waals surface area contributed by atoms with Crippen molar-refractivity contribution >= 4 is 39.0 Å². The number of aryl methyl sites for hydroxylation is 3. The highest BCUT2D eigenvalue weighted by Gasteiger charge is 2.25. The minimum atomic E-state index is -0.336. The fourth-order valence-corrected chi connectivity index (χ4v) is 4.74. The molecule has 3 aromatic rings. The number of aromatic nitrogens is 2. The van der Waals surface area contributed by atoms with Gasteiger partial charge in [0, 0.05) is 5.69 Å². The Balaban J connectivity index is 1.70. The van der Waals surface area contributed by atoms with Crippen LogP contribution < -0.4 is 15.1 Å². The van der Waals surface area contributed by atoms with E-state index in [1.807, 2.05) is 13.8 Å². The molecule has 3 heterocycles. The van der Waals surface area contributed by atoms with Gasteiger partial charge >= 0.3 is 0 Å². The van der Waals surface area contributed by atoms with Gasteiger partial charge in [0.1, 0.15) is 22.3 Å². The molecule has 0 saturated carbocycles. The number of anilines is 2. The summed E-state index contributed by atoms with van der Waals surface area (Å²) in [5.74, 6) is 1.03. The first-order valence-corrected chi connectivity index (χ1v) is 10.6. The number of nitrogens with one attached hydrogen (secondary N) is 2. The SMILES string of the molecule is Cc1nc(N2CC[NH+](C)CC2)c2c(C)c(C(=O)Nc3ccc(C)c(F)c3)sc2n1. The van der Waals surface area contributed by atoms with E-state index in [1.54, 1.807) is 19.1 Å². The molecule has 152 valence electrons. The summed E-state index contributed by atoms with van der Waals surface area (Å²) in [5.41, 5.74) is 1.86. The van der Waals surface area contributed by atoms with E-state index in [0.717, 1.165) is 47.8 Å². The molecule has 1 fully saturated rings. The van der Waals surface area contributed by atoms with Crippen molar-refractivity contribution in [1.29, 1.82) is 0 Å². The normalized spacial score (nSPS) is 15.1. The van der Waals surface area contributed by atoms with Gasteiger partial charge in [-0.3, -0.25) is 4.79 Å². The fourth-order valence-electron chi connectivity index (χ4n) is 3.63. The van der Waals surface area contributed by atoms with Gasteiger partial charge < -0.3 is 15.1 Å². The number of benzene rings is 1. The monoisotopic (exact) mass is 414 g/mol. The van der Waals surface area contributed by atoms with Crippen LogP contribution in [0.4, 0.5) is 15.9 Å². The molecular formula is C21H25FN5OS+. The second kappa shape index (κ2) is 7.68. The molecule has 1 aliphatic rings. The molecule has 1 saturated heterocycles. The molecular weight excluding hydrogens is 389 g/mol. The number of fused-ring (bicyclic) bond motifs is 1. The van der Waals surface area contributed by atoms with Crippen molar-refractivity contribution in [1.82, 2.24) is 9.97 Å². The third-order valence-electron chi connectivity index (χ3n) is 5.44. The highest BCUT2D eigenvalue weighted by atomic mass is 32.1. The lowest BCUT2D eigenvalue weighted by molar-refractivity contribution is -0.880. The molecule has 4 rings (SSSR count). The number of quaternary nitrogens is 1. The Morgan fingerprint density at radius 2 is 1.93 bits per heavy atom. The largest absolute Gasteiger partial charge is 0.345 e. The lowest BCUT2D eigenvalue weighted by atomic mass is 10.1. The molecule has 29 heavy (non-hydrogen) atoms. The molecule has 1 aliphatic heterocycles. The van der Waals surface area contributed by atoms with Gasteiger partial charge in [0.05, 0.1) is 43.5 Å². The van der Waals surface area contributed by atoms with Crippen LogP contribution >= 0.6 is 11.3 Å². The number of rotatable bonds is 3. The molecule has 0 aliphatic carbocycles. The second-order valence-corrected chi connectivity index (χ2v) is 8.69. The summed E-state index contributed by atoms with van der Waals surface area (Å²) in [6, 6.07) is 4.71. The Bertz CT molecular complexity index is 1090. The van der Waals surface area contributed by atoms with E-state index < -0.39 is 0 Å². The topological polar surface area (TPSA) is 62.6 Å². The van der Waals surface area contributed by atoms with Gasteiger partial charge in [-0.1, -0.05) is 6.07 Å². The summed E-state index contributed by atoms with van der Waals surface area (Å²) in [6.45, 7) is 9.48. The van der Waals surface area contributed by atoms with Crippen LogP contribution in [-0.4, -0.2) is 49.1 Å². The van der Waals surface area contributed by atoms with Gasteiger partial charge in [-0.05, 0) is 44.0 Å². The number of carbonyl (C=O) groups is 1. The van der Waals surface area contributed by atoms with Crippen molar-refractivity contribution in [2.45, 2.75) is 20.8 Å². The van der Waals surface area contributed by atoms with E-state index in [9.17, 15) is 9.18 Å². The van der Waals surface area contributed by atoms with Gasteiger partial charge in [0.2, 0.25) is 0 Å². The number of hydrogen-bond donors (Lipinski definition) is 2.